The molecule has 0 aliphatic carbocycles. The fourth-order valence-electron chi connectivity index (χ4n) is 1.52. The summed E-state index contributed by atoms with van der Waals surface area (Å²) < 4.78 is 37.4. The molecule has 98 valence electrons. The molecule has 0 bridgehead atoms. The second-order valence-corrected chi connectivity index (χ2v) is 4.07. The van der Waals surface area contributed by atoms with Gasteiger partial charge in [0.25, 0.3) is 0 Å². The van der Waals surface area contributed by atoms with Crippen molar-refractivity contribution >= 4 is 11.6 Å². The van der Waals surface area contributed by atoms with Crippen LogP contribution in [0.4, 0.5) is 18.9 Å². The number of carbonyl (C=O) groups is 1. The predicted octanol–water partition coefficient (Wildman–Crippen LogP) is 1.57. The first kappa shape index (κ1) is 12.7. The molecule has 0 saturated carbocycles. The summed E-state index contributed by atoms with van der Waals surface area (Å²) >= 11 is 0. The summed E-state index contributed by atoms with van der Waals surface area (Å²) in [5.41, 5.74) is -1.14. The Bertz CT molecular complexity index is 470. The van der Waals surface area contributed by atoms with Crippen molar-refractivity contribution in [2.75, 3.05) is 18.4 Å². The molecule has 0 radical (unpaired) electrons. The van der Waals surface area contributed by atoms with Crippen LogP contribution in [0.25, 0.3) is 0 Å². The molecule has 1 saturated heterocycles. The van der Waals surface area contributed by atoms with E-state index in [1.165, 1.54) is 0 Å². The van der Waals surface area contributed by atoms with Gasteiger partial charge in [0.2, 0.25) is 5.91 Å². The van der Waals surface area contributed by atoms with Gasteiger partial charge in [-0.3, -0.25) is 4.79 Å². The van der Waals surface area contributed by atoms with Gasteiger partial charge in [-0.15, -0.1) is 0 Å². The third kappa shape index (κ3) is 2.56. The van der Waals surface area contributed by atoms with Gasteiger partial charge in [-0.05, 0) is 18.2 Å². The Morgan fingerprint density at radius 2 is 2.06 bits per heavy atom. The number of phenols is 1. The first-order valence-corrected chi connectivity index (χ1v) is 5.29. The van der Waals surface area contributed by atoms with Crippen molar-refractivity contribution in [1.82, 2.24) is 5.32 Å². The van der Waals surface area contributed by atoms with Crippen molar-refractivity contribution in [1.29, 1.82) is 0 Å². The average Bonchev–Trinajstić information content (AvgIpc) is 2.16. The highest BCUT2D eigenvalue weighted by Crippen LogP contribution is 2.34. The van der Waals surface area contributed by atoms with E-state index in [0.29, 0.717) is 13.1 Å². The molecule has 18 heavy (non-hydrogen) atoms. The highest BCUT2D eigenvalue weighted by molar-refractivity contribution is 5.94. The Morgan fingerprint density at radius 3 is 2.56 bits per heavy atom. The molecule has 0 spiro atoms. The van der Waals surface area contributed by atoms with Gasteiger partial charge in [0.1, 0.15) is 5.75 Å². The Kier molecular flexibility index (Phi) is 3.16. The lowest BCUT2D eigenvalue weighted by atomic mass is 10.0. The number of benzene rings is 1. The summed E-state index contributed by atoms with van der Waals surface area (Å²) in [6, 6.07) is 2.40. The third-order valence-electron chi connectivity index (χ3n) is 2.73. The lowest BCUT2D eigenvalue weighted by Gasteiger charge is -2.26. The molecular formula is C11H11F3N2O2. The summed E-state index contributed by atoms with van der Waals surface area (Å²) in [4.78, 5) is 11.6. The number of aromatic hydroxyl groups is 1. The fraction of sp³-hybridized carbons (Fsp3) is 0.364. The van der Waals surface area contributed by atoms with Gasteiger partial charge in [-0.1, -0.05) is 0 Å². The summed E-state index contributed by atoms with van der Waals surface area (Å²) in [6.45, 7) is 0.983. The summed E-state index contributed by atoms with van der Waals surface area (Å²) in [5.74, 6) is -1.05. The van der Waals surface area contributed by atoms with E-state index in [4.69, 9.17) is 0 Å². The number of halogens is 3. The minimum Gasteiger partial charge on any atom is -0.506 e. The second kappa shape index (κ2) is 4.49. The van der Waals surface area contributed by atoms with Crippen LogP contribution in [-0.4, -0.2) is 24.1 Å². The molecule has 4 nitrogen and oxygen atoms in total. The molecule has 1 heterocycles. The number of hydrogen-bond donors (Lipinski definition) is 3. The van der Waals surface area contributed by atoms with Crippen LogP contribution in [0.2, 0.25) is 0 Å². The smallest absolute Gasteiger partial charge is 0.416 e. The van der Waals surface area contributed by atoms with Crippen molar-refractivity contribution in [2.45, 2.75) is 6.18 Å². The van der Waals surface area contributed by atoms with Gasteiger partial charge in [-0.25, -0.2) is 0 Å². The molecule has 3 N–H and O–H groups in total. The van der Waals surface area contributed by atoms with E-state index in [1.807, 2.05) is 0 Å². The van der Waals surface area contributed by atoms with Crippen LogP contribution < -0.4 is 10.6 Å². The number of anilines is 1. The zero-order valence-electron chi connectivity index (χ0n) is 9.21. The van der Waals surface area contributed by atoms with Gasteiger partial charge in [0, 0.05) is 13.1 Å². The Hall–Kier alpha value is -1.76. The normalized spacial score (nSPS) is 16.2. The summed E-state index contributed by atoms with van der Waals surface area (Å²) in [6.07, 6.45) is -4.51. The lowest BCUT2D eigenvalue weighted by molar-refractivity contribution is -0.137. The number of phenolic OH excluding ortho intramolecular Hbond substituents is 1. The SMILES string of the molecule is O=C(Nc1cc(C(F)(F)F)ccc1O)C1CNC1. The zero-order chi connectivity index (χ0) is 13.3. The van der Waals surface area contributed by atoms with Gasteiger partial charge in [-0.2, -0.15) is 13.2 Å². The molecule has 1 aromatic carbocycles. The predicted molar refractivity (Wildman–Crippen MR) is 58.1 cm³/mol. The van der Waals surface area contributed by atoms with E-state index in [9.17, 15) is 23.1 Å². The monoisotopic (exact) mass is 260 g/mol. The Morgan fingerprint density at radius 1 is 1.39 bits per heavy atom. The largest absolute Gasteiger partial charge is 0.506 e. The highest BCUT2D eigenvalue weighted by Gasteiger charge is 2.32. The molecule has 0 aromatic heterocycles. The molecule has 0 unspecified atom stereocenters. The number of alkyl halides is 3. The molecule has 7 heteroatoms. The van der Waals surface area contributed by atoms with Crippen molar-refractivity contribution < 1.29 is 23.1 Å². The van der Waals surface area contributed by atoms with Crippen LogP contribution in [0, 0.1) is 5.92 Å². The first-order valence-electron chi connectivity index (χ1n) is 5.29. The number of nitrogens with one attached hydrogen (secondary N) is 2. The van der Waals surface area contributed by atoms with Crippen LogP contribution in [0.5, 0.6) is 5.75 Å². The van der Waals surface area contributed by atoms with Crippen LogP contribution >= 0.6 is 0 Å². The molecule has 1 aliphatic heterocycles. The minimum absolute atomic E-state index is 0.221. The van der Waals surface area contributed by atoms with Crippen LogP contribution in [0.15, 0.2) is 18.2 Å². The second-order valence-electron chi connectivity index (χ2n) is 4.07. The van der Waals surface area contributed by atoms with E-state index in [2.05, 4.69) is 10.6 Å². The molecule has 0 atom stereocenters. The Balaban J connectivity index is 2.18. The maximum atomic E-state index is 12.5. The first-order chi connectivity index (χ1) is 8.38. The van der Waals surface area contributed by atoms with E-state index in [0.717, 1.165) is 18.2 Å². The van der Waals surface area contributed by atoms with Crippen molar-refractivity contribution in [3.63, 3.8) is 0 Å². The van der Waals surface area contributed by atoms with Crippen LogP contribution in [0.1, 0.15) is 5.56 Å². The van der Waals surface area contributed by atoms with Crippen molar-refractivity contribution in [3.05, 3.63) is 23.8 Å². The zero-order valence-corrected chi connectivity index (χ0v) is 9.21. The summed E-state index contributed by atoms with van der Waals surface area (Å²) in [7, 11) is 0. The molecule has 1 aliphatic rings. The average molecular weight is 260 g/mol. The maximum absolute atomic E-state index is 12.5. The summed E-state index contributed by atoms with van der Waals surface area (Å²) in [5, 5.41) is 14.6. The molecular weight excluding hydrogens is 249 g/mol. The van der Waals surface area contributed by atoms with E-state index in [1.54, 1.807) is 0 Å². The van der Waals surface area contributed by atoms with Crippen LogP contribution in [-0.2, 0) is 11.0 Å². The van der Waals surface area contributed by atoms with Gasteiger partial charge in [0.05, 0.1) is 17.2 Å². The number of carbonyl (C=O) groups excluding carboxylic acids is 1. The third-order valence-corrected chi connectivity index (χ3v) is 2.73. The maximum Gasteiger partial charge on any atom is 0.416 e. The number of rotatable bonds is 2. The number of amides is 1. The Labute approximate surface area is 101 Å². The molecule has 2 rings (SSSR count). The van der Waals surface area contributed by atoms with Gasteiger partial charge in [0.15, 0.2) is 0 Å². The van der Waals surface area contributed by atoms with Crippen molar-refractivity contribution in [2.24, 2.45) is 5.92 Å². The van der Waals surface area contributed by atoms with Gasteiger partial charge < -0.3 is 15.7 Å². The van der Waals surface area contributed by atoms with E-state index in [-0.39, 0.29) is 17.4 Å². The van der Waals surface area contributed by atoms with Crippen molar-refractivity contribution in [3.8, 4) is 5.75 Å². The van der Waals surface area contributed by atoms with E-state index >= 15 is 0 Å². The lowest BCUT2D eigenvalue weighted by Crippen LogP contribution is -2.48. The minimum atomic E-state index is -4.51. The quantitative estimate of drug-likeness (QED) is 0.707. The van der Waals surface area contributed by atoms with E-state index < -0.39 is 17.6 Å². The van der Waals surface area contributed by atoms with Crippen LogP contribution in [0.3, 0.4) is 0 Å². The number of hydrogen-bond acceptors (Lipinski definition) is 3. The topological polar surface area (TPSA) is 61.4 Å². The standard InChI is InChI=1S/C11H11F3N2O2/c12-11(13,14)7-1-2-9(17)8(3-7)16-10(18)6-4-15-5-6/h1-3,6,15,17H,4-5H2,(H,16,18). The molecule has 1 amide bonds. The highest BCUT2D eigenvalue weighted by atomic mass is 19.4. The van der Waals surface area contributed by atoms with Gasteiger partial charge >= 0.3 is 6.18 Å². The molecule has 1 aromatic rings. The fourth-order valence-corrected chi connectivity index (χ4v) is 1.52. The molecule has 1 fully saturated rings.